The van der Waals surface area contributed by atoms with Crippen LogP contribution in [0.5, 0.6) is 0 Å². The molecule has 0 bridgehead atoms. The van der Waals surface area contributed by atoms with Gasteiger partial charge in [0.05, 0.1) is 51.2 Å². The zero-order valence-corrected chi connectivity index (χ0v) is 42.5. The third-order valence-electron chi connectivity index (χ3n) is 19.6. The standard InChI is InChI=1S/C50H78O24/c1-20-42(73-46-41(62)38(59)35(56)29(72-46)19-66-45-40(61)37(58)34(55)28(71-45)18-65-44-39(60)36(57)33(54)27(16-51)70-44)26(63-5)15-32(67-20)69-25-8-10-47(3)24(43(25)68-21(2)52)6-12-49-30(47)9-11-48(4)23(7-13-50(48,49)74-49)22-14-31(53)64-17-22/h20,22-30,32-46,51,54-62H,6-19H2,1-5H3. The van der Waals surface area contributed by atoms with Crippen LogP contribution in [0, 0.1) is 34.5 Å². The third kappa shape index (κ3) is 9.18. The molecule has 6 aliphatic heterocycles. The second-order valence-corrected chi connectivity index (χ2v) is 23.3. The second-order valence-electron chi connectivity index (χ2n) is 23.3. The van der Waals surface area contributed by atoms with Gasteiger partial charge in [0.25, 0.3) is 0 Å². The first kappa shape index (κ1) is 55.5. The molecule has 0 radical (unpaired) electrons. The molecule has 24 nitrogen and oxygen atoms in total. The van der Waals surface area contributed by atoms with Crippen LogP contribution < -0.4 is 0 Å². The van der Waals surface area contributed by atoms with Crippen molar-refractivity contribution in [3.63, 3.8) is 0 Å². The number of esters is 2. The Balaban J connectivity index is 0.753. The first-order chi connectivity index (χ1) is 35.1. The molecule has 0 aromatic rings. The van der Waals surface area contributed by atoms with E-state index in [-0.39, 0.29) is 52.2 Å². The van der Waals surface area contributed by atoms with Gasteiger partial charge >= 0.3 is 11.9 Å². The van der Waals surface area contributed by atoms with Gasteiger partial charge in [-0.25, -0.2) is 0 Å². The van der Waals surface area contributed by atoms with Crippen molar-refractivity contribution >= 4 is 11.9 Å². The van der Waals surface area contributed by atoms with Crippen molar-refractivity contribution in [2.24, 2.45) is 34.5 Å². The van der Waals surface area contributed by atoms with Gasteiger partial charge in [0, 0.05) is 37.7 Å². The smallest absolute Gasteiger partial charge is 0.306 e. The van der Waals surface area contributed by atoms with Gasteiger partial charge < -0.3 is 108 Å². The maximum Gasteiger partial charge on any atom is 0.306 e. The predicted molar refractivity (Wildman–Crippen MR) is 243 cm³/mol. The molecule has 4 saturated carbocycles. The Morgan fingerprint density at radius 3 is 1.85 bits per heavy atom. The summed E-state index contributed by atoms with van der Waals surface area (Å²) in [5.41, 5.74) is -0.745. The fraction of sp³-hybridized carbons (Fsp3) is 0.960. The molecule has 422 valence electrons. The summed E-state index contributed by atoms with van der Waals surface area (Å²) in [7, 11) is 1.48. The van der Waals surface area contributed by atoms with E-state index < -0.39 is 155 Å². The number of hydrogen-bond acceptors (Lipinski definition) is 24. The Morgan fingerprint density at radius 2 is 1.26 bits per heavy atom. The molecule has 0 amide bonds. The first-order valence-electron chi connectivity index (χ1n) is 26.6. The Kier molecular flexibility index (Phi) is 15.7. The highest BCUT2D eigenvalue weighted by molar-refractivity contribution is 5.71. The van der Waals surface area contributed by atoms with Crippen molar-refractivity contribution < 1.29 is 117 Å². The summed E-state index contributed by atoms with van der Waals surface area (Å²) in [4.78, 5) is 25.1. The lowest BCUT2D eigenvalue weighted by molar-refractivity contribution is -0.358. The van der Waals surface area contributed by atoms with Crippen molar-refractivity contribution in [3.8, 4) is 0 Å². The van der Waals surface area contributed by atoms with Gasteiger partial charge in [-0.2, -0.15) is 0 Å². The summed E-state index contributed by atoms with van der Waals surface area (Å²) in [6, 6.07) is 0. The summed E-state index contributed by atoms with van der Waals surface area (Å²) < 4.78 is 72.4. The molecule has 4 aliphatic carbocycles. The summed E-state index contributed by atoms with van der Waals surface area (Å²) >= 11 is 0. The number of ether oxygens (including phenoxy) is 12. The van der Waals surface area contributed by atoms with Crippen LogP contribution in [-0.2, 0) is 66.4 Å². The topological polar surface area (TPSA) is 350 Å². The van der Waals surface area contributed by atoms with Crippen molar-refractivity contribution in [2.45, 2.75) is 232 Å². The van der Waals surface area contributed by atoms with E-state index >= 15 is 0 Å². The molecule has 10 fully saturated rings. The van der Waals surface area contributed by atoms with Gasteiger partial charge in [0.1, 0.15) is 96.7 Å². The largest absolute Gasteiger partial charge is 0.465 e. The summed E-state index contributed by atoms with van der Waals surface area (Å²) in [5.74, 6) is 0.319. The van der Waals surface area contributed by atoms with Crippen LogP contribution in [0.1, 0.15) is 91.9 Å². The number of cyclic esters (lactones) is 1. The van der Waals surface area contributed by atoms with Crippen molar-refractivity contribution in [2.75, 3.05) is 33.5 Å². The van der Waals surface area contributed by atoms with Gasteiger partial charge in [-0.15, -0.1) is 0 Å². The number of fused-ring (bicyclic) bond motifs is 2. The van der Waals surface area contributed by atoms with E-state index in [0.29, 0.717) is 25.4 Å². The normalized spacial score (nSPS) is 55.1. The Labute approximate surface area is 428 Å². The van der Waals surface area contributed by atoms with Crippen molar-refractivity contribution in [1.82, 2.24) is 0 Å². The first-order valence-corrected chi connectivity index (χ1v) is 26.6. The summed E-state index contributed by atoms with van der Waals surface area (Å²) in [6.45, 7) is 6.41. The van der Waals surface area contributed by atoms with E-state index in [1.807, 2.05) is 0 Å². The Bertz CT molecular complexity index is 2000. The van der Waals surface area contributed by atoms with Gasteiger partial charge in [0.2, 0.25) is 0 Å². The van der Waals surface area contributed by atoms with E-state index in [4.69, 9.17) is 56.8 Å². The zero-order valence-electron chi connectivity index (χ0n) is 42.5. The van der Waals surface area contributed by atoms with Crippen LogP contribution in [0.25, 0.3) is 0 Å². The monoisotopic (exact) mass is 1060 g/mol. The highest BCUT2D eigenvalue weighted by atomic mass is 16.8. The summed E-state index contributed by atoms with van der Waals surface area (Å²) in [6.07, 6.45) is -21.6. The zero-order chi connectivity index (χ0) is 53.0. The van der Waals surface area contributed by atoms with Crippen LogP contribution in [0.3, 0.4) is 0 Å². The molecule has 2 spiro atoms. The molecule has 24 heteroatoms. The highest BCUT2D eigenvalue weighted by Crippen LogP contribution is 2.82. The maximum absolute atomic E-state index is 12.9. The van der Waals surface area contributed by atoms with Gasteiger partial charge in [0.15, 0.2) is 25.2 Å². The van der Waals surface area contributed by atoms with E-state index in [0.717, 1.165) is 44.9 Å². The van der Waals surface area contributed by atoms with E-state index in [2.05, 4.69) is 13.8 Å². The van der Waals surface area contributed by atoms with Crippen molar-refractivity contribution in [3.05, 3.63) is 0 Å². The van der Waals surface area contributed by atoms with E-state index in [9.17, 15) is 60.7 Å². The quantitative estimate of drug-likeness (QED) is 0.0484. The van der Waals surface area contributed by atoms with Crippen LogP contribution in [-0.4, -0.2) is 237 Å². The molecule has 29 atom stereocenters. The van der Waals surface area contributed by atoms with Crippen LogP contribution >= 0.6 is 0 Å². The average molecular weight is 1060 g/mol. The molecule has 10 N–H and O–H groups in total. The fourth-order valence-corrected chi connectivity index (χ4v) is 15.7. The number of carbonyl (C=O) groups excluding carboxylic acids is 2. The molecule has 74 heavy (non-hydrogen) atoms. The number of carbonyl (C=O) groups is 2. The minimum Gasteiger partial charge on any atom is -0.465 e. The molecule has 10 rings (SSSR count). The lowest BCUT2D eigenvalue weighted by atomic mass is 9.44. The van der Waals surface area contributed by atoms with Gasteiger partial charge in [-0.3, -0.25) is 9.59 Å². The number of hydrogen-bond donors (Lipinski definition) is 10. The lowest BCUT2D eigenvalue weighted by Crippen LogP contribution is -2.64. The Hall–Kier alpha value is -1.86. The van der Waals surface area contributed by atoms with Crippen LogP contribution in [0.15, 0.2) is 0 Å². The minimum absolute atomic E-state index is 0.00602. The molecule has 10 aliphatic rings. The molecular weight excluding hydrogens is 985 g/mol. The van der Waals surface area contributed by atoms with Crippen LogP contribution in [0.4, 0.5) is 0 Å². The fourth-order valence-electron chi connectivity index (χ4n) is 15.7. The number of epoxide rings is 1. The molecule has 0 aromatic carbocycles. The average Bonchev–Trinajstić information content (AvgIpc) is 3.91. The molecule has 6 saturated heterocycles. The SMILES string of the molecule is COC1CC(OC2CCC3(C)C(CCC45OC46CCC(C4COC(=O)C4)C6(C)CCC35)C2OC(C)=O)OC(C)C1OC1OC(COC2OC(COC3OC(CO)C(O)C(O)C3O)C(O)C(O)C2O)C(O)C(O)C1O. The van der Waals surface area contributed by atoms with E-state index in [1.54, 1.807) is 6.92 Å². The molecular formula is C50H78O24. The lowest BCUT2D eigenvalue weighted by Gasteiger charge is -2.60. The van der Waals surface area contributed by atoms with E-state index in [1.165, 1.54) is 14.0 Å². The second kappa shape index (κ2) is 21.0. The minimum atomic E-state index is -1.86. The van der Waals surface area contributed by atoms with Crippen molar-refractivity contribution in [1.29, 1.82) is 0 Å². The predicted octanol–water partition coefficient (Wildman–Crippen LogP) is -2.61. The maximum atomic E-state index is 12.9. The number of aliphatic hydroxyl groups is 10. The molecule has 0 aromatic heterocycles. The summed E-state index contributed by atoms with van der Waals surface area (Å²) in [5, 5.41) is 105. The van der Waals surface area contributed by atoms with Gasteiger partial charge in [-0.05, 0) is 75.5 Å². The third-order valence-corrected chi connectivity index (χ3v) is 19.6. The number of methoxy groups -OCH3 is 1. The number of aliphatic hydroxyl groups excluding tert-OH is 10. The number of rotatable bonds is 14. The van der Waals surface area contributed by atoms with Crippen LogP contribution in [0.2, 0.25) is 0 Å². The Morgan fingerprint density at radius 1 is 0.662 bits per heavy atom. The molecule has 6 heterocycles. The van der Waals surface area contributed by atoms with Gasteiger partial charge in [-0.1, -0.05) is 13.8 Å². The highest BCUT2D eigenvalue weighted by Gasteiger charge is 2.87. The molecule has 29 unspecified atom stereocenters.